The van der Waals surface area contributed by atoms with E-state index in [1.54, 1.807) is 0 Å². The Morgan fingerprint density at radius 2 is 2.20 bits per heavy atom. The molecule has 9 heteroatoms. The monoisotopic (exact) mass is 287 g/mol. The van der Waals surface area contributed by atoms with Crippen molar-refractivity contribution in [1.82, 2.24) is 5.32 Å². The van der Waals surface area contributed by atoms with Crippen LogP contribution in [0.5, 0.6) is 0 Å². The number of nitro groups is 1. The second kappa shape index (κ2) is 5.78. The summed E-state index contributed by atoms with van der Waals surface area (Å²) in [6, 6.07) is -0.0507. The predicted molar refractivity (Wildman–Crippen MR) is 64.4 cm³/mol. The Morgan fingerprint density at radius 1 is 1.45 bits per heavy atom. The molecule has 1 atom stereocenters. The average Bonchev–Trinajstić information content (AvgIpc) is 2.84. The molecule has 0 radical (unpaired) electrons. The summed E-state index contributed by atoms with van der Waals surface area (Å²) in [6.07, 6.45) is 0.599. The van der Waals surface area contributed by atoms with E-state index in [0.717, 1.165) is 0 Å². The van der Waals surface area contributed by atoms with Gasteiger partial charge < -0.3 is 10.1 Å². The first-order chi connectivity index (χ1) is 9.47. The summed E-state index contributed by atoms with van der Waals surface area (Å²) in [5.41, 5.74) is -1.52. The molecule has 2 amide bonds. The van der Waals surface area contributed by atoms with Gasteiger partial charge in [-0.1, -0.05) is 0 Å². The summed E-state index contributed by atoms with van der Waals surface area (Å²) in [6.45, 7) is 0.817. The molecule has 0 aromatic heterocycles. The summed E-state index contributed by atoms with van der Waals surface area (Å²) >= 11 is 0. The number of nitro benzene ring substituents is 1. The quantitative estimate of drug-likeness (QED) is 0.654. The van der Waals surface area contributed by atoms with Crippen LogP contribution in [0.4, 0.5) is 25.0 Å². The maximum atomic E-state index is 13.5. The van der Waals surface area contributed by atoms with E-state index < -0.39 is 34.0 Å². The SMILES string of the molecule is O=C(Nc1c(F)cc(F)cc1[N+](=O)[O-])NC1CCOC1. The van der Waals surface area contributed by atoms with E-state index in [4.69, 9.17) is 4.74 Å². The topological polar surface area (TPSA) is 93.5 Å². The molecule has 1 saturated heterocycles. The fourth-order valence-corrected chi connectivity index (χ4v) is 1.81. The third-order valence-electron chi connectivity index (χ3n) is 2.73. The number of halogens is 2. The molecule has 0 bridgehead atoms. The van der Waals surface area contributed by atoms with E-state index in [1.807, 2.05) is 5.32 Å². The van der Waals surface area contributed by atoms with Crippen LogP contribution in [0, 0.1) is 21.7 Å². The summed E-state index contributed by atoms with van der Waals surface area (Å²) in [5, 5.41) is 15.2. The van der Waals surface area contributed by atoms with Crippen LogP contribution in [0.3, 0.4) is 0 Å². The van der Waals surface area contributed by atoms with Crippen molar-refractivity contribution in [2.45, 2.75) is 12.5 Å². The zero-order valence-corrected chi connectivity index (χ0v) is 10.2. The highest BCUT2D eigenvalue weighted by Gasteiger charge is 2.24. The third kappa shape index (κ3) is 3.18. The minimum Gasteiger partial charge on any atom is -0.379 e. The van der Waals surface area contributed by atoms with Crippen molar-refractivity contribution in [3.63, 3.8) is 0 Å². The number of carbonyl (C=O) groups excluding carboxylic acids is 1. The molecule has 20 heavy (non-hydrogen) atoms. The normalized spacial score (nSPS) is 17.8. The van der Waals surface area contributed by atoms with Crippen molar-refractivity contribution in [2.75, 3.05) is 18.5 Å². The number of rotatable bonds is 3. The summed E-state index contributed by atoms with van der Waals surface area (Å²) < 4.78 is 31.5. The van der Waals surface area contributed by atoms with Gasteiger partial charge in [-0.2, -0.15) is 0 Å². The van der Waals surface area contributed by atoms with E-state index in [0.29, 0.717) is 31.8 Å². The van der Waals surface area contributed by atoms with Gasteiger partial charge in [0.05, 0.1) is 23.6 Å². The largest absolute Gasteiger partial charge is 0.379 e. The van der Waals surface area contributed by atoms with Crippen molar-refractivity contribution < 1.29 is 23.2 Å². The summed E-state index contributed by atoms with van der Waals surface area (Å²) in [7, 11) is 0. The van der Waals surface area contributed by atoms with Crippen LogP contribution in [-0.4, -0.2) is 30.2 Å². The van der Waals surface area contributed by atoms with E-state index >= 15 is 0 Å². The van der Waals surface area contributed by atoms with Crippen LogP contribution in [0.1, 0.15) is 6.42 Å². The summed E-state index contributed by atoms with van der Waals surface area (Å²) in [5.74, 6) is -2.31. The summed E-state index contributed by atoms with van der Waals surface area (Å²) in [4.78, 5) is 21.4. The van der Waals surface area contributed by atoms with E-state index in [1.165, 1.54) is 0 Å². The lowest BCUT2D eigenvalue weighted by atomic mass is 10.2. The maximum absolute atomic E-state index is 13.5. The van der Waals surface area contributed by atoms with Gasteiger partial charge >= 0.3 is 6.03 Å². The lowest BCUT2D eigenvalue weighted by molar-refractivity contribution is -0.384. The van der Waals surface area contributed by atoms with Gasteiger partial charge in [-0.25, -0.2) is 13.6 Å². The van der Waals surface area contributed by atoms with E-state index in [9.17, 15) is 23.7 Å². The number of ether oxygens (including phenoxy) is 1. The number of amides is 2. The molecule has 1 unspecified atom stereocenters. The molecule has 7 nitrogen and oxygen atoms in total. The van der Waals surface area contributed by atoms with Gasteiger partial charge in [0.25, 0.3) is 5.69 Å². The molecule has 1 aromatic carbocycles. The van der Waals surface area contributed by atoms with Gasteiger partial charge in [-0.15, -0.1) is 0 Å². The number of hydrogen-bond acceptors (Lipinski definition) is 4. The van der Waals surface area contributed by atoms with Crippen LogP contribution in [0.15, 0.2) is 12.1 Å². The lowest BCUT2D eigenvalue weighted by Crippen LogP contribution is -2.38. The minimum atomic E-state index is -1.21. The second-order valence-electron chi connectivity index (χ2n) is 4.20. The smallest absolute Gasteiger partial charge is 0.319 e. The van der Waals surface area contributed by atoms with Crippen LogP contribution in [0.2, 0.25) is 0 Å². The zero-order valence-electron chi connectivity index (χ0n) is 10.2. The first-order valence-corrected chi connectivity index (χ1v) is 5.76. The molecule has 1 aliphatic rings. The highest BCUT2D eigenvalue weighted by atomic mass is 19.1. The van der Waals surface area contributed by atoms with Crippen molar-refractivity contribution in [1.29, 1.82) is 0 Å². The Bertz CT molecular complexity index is 547. The first kappa shape index (κ1) is 14.1. The minimum absolute atomic E-state index is 0.238. The Balaban J connectivity index is 2.15. The Hall–Kier alpha value is -2.29. The number of urea groups is 1. The number of carbonyl (C=O) groups is 1. The highest BCUT2D eigenvalue weighted by Crippen LogP contribution is 2.28. The Morgan fingerprint density at radius 3 is 2.80 bits per heavy atom. The van der Waals surface area contributed by atoms with Gasteiger partial charge in [0, 0.05) is 12.7 Å². The van der Waals surface area contributed by atoms with E-state index in [2.05, 4.69) is 5.32 Å². The van der Waals surface area contributed by atoms with Crippen molar-refractivity contribution >= 4 is 17.4 Å². The van der Waals surface area contributed by atoms with Gasteiger partial charge in [-0.3, -0.25) is 15.4 Å². The average molecular weight is 287 g/mol. The number of hydrogen-bond donors (Lipinski definition) is 2. The lowest BCUT2D eigenvalue weighted by Gasteiger charge is -2.12. The molecule has 1 fully saturated rings. The maximum Gasteiger partial charge on any atom is 0.319 e. The van der Waals surface area contributed by atoms with Gasteiger partial charge in [0.1, 0.15) is 5.82 Å². The molecule has 1 aromatic rings. The molecule has 0 spiro atoms. The van der Waals surface area contributed by atoms with Crippen LogP contribution in [-0.2, 0) is 4.74 Å². The molecule has 2 rings (SSSR count). The Kier molecular flexibility index (Phi) is 4.08. The molecule has 1 aliphatic heterocycles. The van der Waals surface area contributed by atoms with E-state index in [-0.39, 0.29) is 6.04 Å². The fraction of sp³-hybridized carbons (Fsp3) is 0.364. The third-order valence-corrected chi connectivity index (χ3v) is 2.73. The highest BCUT2D eigenvalue weighted by molar-refractivity contribution is 5.92. The molecule has 1 heterocycles. The number of nitrogens with one attached hydrogen (secondary N) is 2. The molecule has 0 aliphatic carbocycles. The molecule has 2 N–H and O–H groups in total. The molecular weight excluding hydrogens is 276 g/mol. The van der Waals surface area contributed by atoms with Crippen LogP contribution < -0.4 is 10.6 Å². The zero-order chi connectivity index (χ0) is 14.7. The first-order valence-electron chi connectivity index (χ1n) is 5.76. The standard InChI is InChI=1S/C11H11F2N3O4/c12-6-3-8(13)10(9(4-6)16(18)19)15-11(17)14-7-1-2-20-5-7/h3-4,7H,1-2,5H2,(H2,14,15,17). The van der Waals surface area contributed by atoms with Crippen molar-refractivity contribution in [3.05, 3.63) is 33.9 Å². The molecular formula is C11H11F2N3O4. The van der Waals surface area contributed by atoms with Crippen LogP contribution >= 0.6 is 0 Å². The van der Waals surface area contributed by atoms with Crippen molar-refractivity contribution in [2.24, 2.45) is 0 Å². The second-order valence-corrected chi connectivity index (χ2v) is 4.20. The number of nitrogens with zero attached hydrogens (tertiary/aromatic N) is 1. The predicted octanol–water partition coefficient (Wildman–Crippen LogP) is 1.78. The molecule has 0 saturated carbocycles. The number of benzene rings is 1. The van der Waals surface area contributed by atoms with Gasteiger partial charge in [0.2, 0.25) is 0 Å². The Labute approximate surface area is 112 Å². The van der Waals surface area contributed by atoms with Gasteiger partial charge in [0.15, 0.2) is 11.5 Å². The van der Waals surface area contributed by atoms with Crippen LogP contribution in [0.25, 0.3) is 0 Å². The fourth-order valence-electron chi connectivity index (χ4n) is 1.81. The van der Waals surface area contributed by atoms with Gasteiger partial charge in [-0.05, 0) is 6.42 Å². The number of anilines is 1. The molecule has 108 valence electrons. The van der Waals surface area contributed by atoms with Crippen molar-refractivity contribution in [3.8, 4) is 0 Å².